The third kappa shape index (κ3) is 4.30. The Labute approximate surface area is 175 Å². The highest BCUT2D eigenvalue weighted by Crippen LogP contribution is 2.28. The standard InChI is InChI=1S/C23H15BrN2OS/c24-19-9-5-17(6-10-19)15-27-20-11-7-16(8-12-20)13-18(14-25)23-26-21-3-1-2-4-22(21)28-23/h1-13H,15H2/b18-13-. The molecule has 5 heteroatoms. The van der Waals surface area contributed by atoms with Crippen LogP contribution in [-0.4, -0.2) is 4.98 Å². The molecule has 0 atom stereocenters. The van der Waals surface area contributed by atoms with Crippen molar-refractivity contribution >= 4 is 49.1 Å². The second-order valence-corrected chi connectivity index (χ2v) is 8.09. The highest BCUT2D eigenvalue weighted by molar-refractivity contribution is 9.10. The second kappa shape index (κ2) is 8.39. The van der Waals surface area contributed by atoms with Gasteiger partial charge in [0, 0.05) is 4.47 Å². The predicted molar refractivity (Wildman–Crippen MR) is 118 cm³/mol. The number of fused-ring (bicyclic) bond motifs is 1. The molecule has 4 rings (SSSR count). The van der Waals surface area contributed by atoms with E-state index < -0.39 is 0 Å². The van der Waals surface area contributed by atoms with Gasteiger partial charge in [-0.1, -0.05) is 52.3 Å². The highest BCUT2D eigenvalue weighted by atomic mass is 79.9. The van der Waals surface area contributed by atoms with Crippen LogP contribution >= 0.6 is 27.3 Å². The third-order valence-corrected chi connectivity index (χ3v) is 5.75. The van der Waals surface area contributed by atoms with Crippen molar-refractivity contribution in [1.29, 1.82) is 5.26 Å². The fourth-order valence-corrected chi connectivity index (χ4v) is 3.90. The molecule has 0 aliphatic heterocycles. The summed E-state index contributed by atoms with van der Waals surface area (Å²) >= 11 is 4.96. The Hall–Kier alpha value is -2.94. The van der Waals surface area contributed by atoms with Crippen LogP contribution in [0.4, 0.5) is 0 Å². The van der Waals surface area contributed by atoms with Gasteiger partial charge in [0.15, 0.2) is 0 Å². The van der Waals surface area contributed by atoms with Gasteiger partial charge in [-0.2, -0.15) is 5.26 Å². The molecule has 0 fully saturated rings. The first kappa shape index (κ1) is 18.4. The molecule has 3 aromatic carbocycles. The van der Waals surface area contributed by atoms with Gasteiger partial charge < -0.3 is 4.74 Å². The van der Waals surface area contributed by atoms with Gasteiger partial charge in [-0.25, -0.2) is 4.98 Å². The van der Waals surface area contributed by atoms with E-state index in [0.717, 1.165) is 36.6 Å². The number of benzene rings is 3. The fraction of sp³-hybridized carbons (Fsp3) is 0.0435. The molecule has 136 valence electrons. The number of thiazole rings is 1. The molecular weight excluding hydrogens is 432 g/mol. The van der Waals surface area contributed by atoms with Crippen molar-refractivity contribution in [3.63, 3.8) is 0 Å². The van der Waals surface area contributed by atoms with E-state index in [9.17, 15) is 5.26 Å². The summed E-state index contributed by atoms with van der Waals surface area (Å²) in [6.45, 7) is 0.512. The van der Waals surface area contributed by atoms with E-state index in [1.807, 2.05) is 78.9 Å². The molecule has 0 aliphatic carbocycles. The van der Waals surface area contributed by atoms with Crippen LogP contribution in [0, 0.1) is 11.3 Å². The minimum atomic E-state index is 0.512. The third-order valence-electron chi connectivity index (χ3n) is 4.15. The van der Waals surface area contributed by atoms with E-state index in [0.29, 0.717) is 12.2 Å². The van der Waals surface area contributed by atoms with E-state index >= 15 is 0 Å². The molecule has 0 saturated carbocycles. The van der Waals surface area contributed by atoms with Crippen molar-refractivity contribution in [2.45, 2.75) is 6.61 Å². The SMILES string of the molecule is N#C/C(=C/c1ccc(OCc2ccc(Br)cc2)cc1)c1nc2ccccc2s1. The molecule has 0 N–H and O–H groups in total. The molecule has 1 heterocycles. The Bertz CT molecular complexity index is 1140. The van der Waals surface area contributed by atoms with Gasteiger partial charge in [0.05, 0.1) is 15.8 Å². The van der Waals surface area contributed by atoms with E-state index in [1.54, 1.807) is 0 Å². The molecule has 3 nitrogen and oxygen atoms in total. The lowest BCUT2D eigenvalue weighted by atomic mass is 10.1. The number of aromatic nitrogens is 1. The van der Waals surface area contributed by atoms with Gasteiger partial charge in [-0.05, 0) is 53.6 Å². The van der Waals surface area contributed by atoms with E-state index in [1.165, 1.54) is 11.3 Å². The summed E-state index contributed by atoms with van der Waals surface area (Å²) in [5.74, 6) is 0.790. The van der Waals surface area contributed by atoms with Crippen molar-refractivity contribution in [2.24, 2.45) is 0 Å². The maximum absolute atomic E-state index is 9.57. The van der Waals surface area contributed by atoms with Crippen molar-refractivity contribution in [3.05, 3.63) is 93.4 Å². The smallest absolute Gasteiger partial charge is 0.135 e. The van der Waals surface area contributed by atoms with E-state index in [-0.39, 0.29) is 0 Å². The highest BCUT2D eigenvalue weighted by Gasteiger charge is 2.08. The first-order valence-electron chi connectivity index (χ1n) is 8.66. The number of allylic oxidation sites excluding steroid dienone is 1. The van der Waals surface area contributed by atoms with Crippen LogP contribution in [0.5, 0.6) is 5.75 Å². The van der Waals surface area contributed by atoms with Gasteiger partial charge in [0.1, 0.15) is 23.4 Å². The number of para-hydroxylation sites is 1. The Morgan fingerprint density at radius 1 is 1.04 bits per heavy atom. The Kier molecular flexibility index (Phi) is 5.52. The van der Waals surface area contributed by atoms with Crippen LogP contribution in [-0.2, 0) is 6.61 Å². The fourth-order valence-electron chi connectivity index (χ4n) is 2.70. The van der Waals surface area contributed by atoms with Gasteiger partial charge in [0.25, 0.3) is 0 Å². The molecule has 4 aromatic rings. The zero-order chi connectivity index (χ0) is 19.3. The number of ether oxygens (including phenoxy) is 1. The zero-order valence-electron chi connectivity index (χ0n) is 14.8. The van der Waals surface area contributed by atoms with Crippen molar-refractivity contribution in [3.8, 4) is 11.8 Å². The monoisotopic (exact) mass is 446 g/mol. The second-order valence-electron chi connectivity index (χ2n) is 6.14. The first-order chi connectivity index (χ1) is 13.7. The topological polar surface area (TPSA) is 45.9 Å². The first-order valence-corrected chi connectivity index (χ1v) is 10.3. The lowest BCUT2D eigenvalue weighted by molar-refractivity contribution is 0.306. The summed E-state index contributed by atoms with van der Waals surface area (Å²) in [6, 6.07) is 25.9. The number of nitrogens with zero attached hydrogens (tertiary/aromatic N) is 2. The molecule has 28 heavy (non-hydrogen) atoms. The van der Waals surface area contributed by atoms with Crippen molar-refractivity contribution in [2.75, 3.05) is 0 Å². The van der Waals surface area contributed by atoms with Crippen LogP contribution in [0.2, 0.25) is 0 Å². The van der Waals surface area contributed by atoms with Crippen molar-refractivity contribution < 1.29 is 4.74 Å². The summed E-state index contributed by atoms with van der Waals surface area (Å²) in [7, 11) is 0. The molecule has 0 spiro atoms. The molecule has 0 bridgehead atoms. The van der Waals surface area contributed by atoms with Crippen molar-refractivity contribution in [1.82, 2.24) is 4.98 Å². The number of hydrogen-bond acceptors (Lipinski definition) is 4. The minimum absolute atomic E-state index is 0.512. The van der Waals surface area contributed by atoms with Gasteiger partial charge >= 0.3 is 0 Å². The summed E-state index contributed by atoms with van der Waals surface area (Å²) in [4.78, 5) is 4.57. The number of halogens is 1. The average Bonchev–Trinajstić information content (AvgIpc) is 3.16. The van der Waals surface area contributed by atoms with Crippen LogP contribution in [0.1, 0.15) is 16.1 Å². The van der Waals surface area contributed by atoms with Gasteiger partial charge in [0.2, 0.25) is 0 Å². The lowest BCUT2D eigenvalue weighted by Gasteiger charge is -2.07. The Balaban J connectivity index is 1.49. The molecular formula is C23H15BrN2OS. The largest absolute Gasteiger partial charge is 0.489 e. The predicted octanol–water partition coefficient (Wildman–Crippen LogP) is 6.70. The van der Waals surface area contributed by atoms with E-state index in [4.69, 9.17) is 4.74 Å². The Morgan fingerprint density at radius 2 is 1.79 bits per heavy atom. The molecule has 0 aliphatic rings. The molecule has 1 aromatic heterocycles. The number of nitriles is 1. The lowest BCUT2D eigenvalue weighted by Crippen LogP contribution is -1.94. The molecule has 0 amide bonds. The Morgan fingerprint density at radius 3 is 2.50 bits per heavy atom. The maximum atomic E-state index is 9.57. The molecule has 0 unspecified atom stereocenters. The molecule has 0 radical (unpaired) electrons. The van der Waals surface area contributed by atoms with E-state index in [2.05, 4.69) is 27.0 Å². The average molecular weight is 447 g/mol. The summed E-state index contributed by atoms with van der Waals surface area (Å²) < 4.78 is 7.96. The zero-order valence-corrected chi connectivity index (χ0v) is 17.2. The summed E-state index contributed by atoms with van der Waals surface area (Å²) in [6.07, 6.45) is 1.86. The number of hydrogen-bond donors (Lipinski definition) is 0. The van der Waals surface area contributed by atoms with Gasteiger partial charge in [-0.15, -0.1) is 11.3 Å². The molecule has 0 saturated heterocycles. The van der Waals surface area contributed by atoms with Gasteiger partial charge in [-0.3, -0.25) is 0 Å². The van der Waals surface area contributed by atoms with Crippen LogP contribution < -0.4 is 4.74 Å². The normalized spacial score (nSPS) is 11.4. The minimum Gasteiger partial charge on any atom is -0.489 e. The number of rotatable bonds is 5. The van der Waals surface area contributed by atoms with Crippen LogP contribution in [0.15, 0.2) is 77.3 Å². The summed E-state index contributed by atoms with van der Waals surface area (Å²) in [5.41, 5.74) is 3.52. The maximum Gasteiger partial charge on any atom is 0.135 e. The van der Waals surface area contributed by atoms with Crippen LogP contribution in [0.3, 0.4) is 0 Å². The van der Waals surface area contributed by atoms with Crippen LogP contribution in [0.25, 0.3) is 21.9 Å². The quantitative estimate of drug-likeness (QED) is 0.320. The summed E-state index contributed by atoms with van der Waals surface area (Å²) in [5, 5.41) is 10.3.